The third kappa shape index (κ3) is 6.77. The molecule has 53 heavy (non-hydrogen) atoms. The van der Waals surface area contributed by atoms with E-state index in [-0.39, 0.29) is 35.4 Å². The van der Waals surface area contributed by atoms with E-state index in [1.54, 1.807) is 0 Å². The molecule has 0 amide bonds. The van der Waals surface area contributed by atoms with Crippen molar-refractivity contribution >= 4 is 27.8 Å². The van der Waals surface area contributed by atoms with Gasteiger partial charge >= 0.3 is 0 Å². The summed E-state index contributed by atoms with van der Waals surface area (Å²) in [5.41, 5.74) is 11.0. The average molecular weight is 680 g/mol. The number of benzene rings is 9. The molecule has 0 saturated heterocycles. The van der Waals surface area contributed by atoms with Crippen molar-refractivity contribution in [3.05, 3.63) is 224 Å². The van der Waals surface area contributed by atoms with Crippen LogP contribution in [0.3, 0.4) is 0 Å². The van der Waals surface area contributed by atoms with Gasteiger partial charge in [0.25, 0.3) is 0 Å². The van der Waals surface area contributed by atoms with Crippen LogP contribution in [0.5, 0.6) is 0 Å². The molecule has 1 heteroatoms. The maximum Gasteiger partial charge on any atom is 0.0645 e. The minimum Gasteiger partial charge on any atom is -0.311 e. The van der Waals surface area contributed by atoms with E-state index in [4.69, 9.17) is 0 Å². The summed E-state index contributed by atoms with van der Waals surface area (Å²) in [6.07, 6.45) is 0. The van der Waals surface area contributed by atoms with Gasteiger partial charge in [-0.15, -0.1) is 0 Å². The molecule has 0 spiro atoms. The molecule has 0 aliphatic carbocycles. The topological polar surface area (TPSA) is 3.24 Å². The predicted octanol–water partition coefficient (Wildman–Crippen LogP) is 14.6. The second-order valence-electron chi connectivity index (χ2n) is 13.1. The monoisotopic (exact) mass is 679 g/mol. The van der Waals surface area contributed by atoms with Crippen molar-refractivity contribution in [3.8, 4) is 55.6 Å². The molecule has 0 bridgehead atoms. The summed E-state index contributed by atoms with van der Waals surface area (Å²) in [6.45, 7) is 0. The van der Waals surface area contributed by atoms with Crippen LogP contribution < -0.4 is 4.90 Å². The van der Waals surface area contributed by atoms with Crippen LogP contribution >= 0.6 is 0 Å². The van der Waals surface area contributed by atoms with Crippen molar-refractivity contribution in [1.82, 2.24) is 0 Å². The number of rotatable bonds is 8. The Balaban J connectivity index is 1.13. The Morgan fingerprint density at radius 3 is 1.19 bits per heavy atom. The molecule has 250 valence electrons. The van der Waals surface area contributed by atoms with Gasteiger partial charge in [0.05, 0.1) is 5.48 Å². The smallest absolute Gasteiger partial charge is 0.0645 e. The van der Waals surface area contributed by atoms with Crippen molar-refractivity contribution in [2.24, 2.45) is 0 Å². The Bertz CT molecular complexity index is 2840. The predicted molar refractivity (Wildman–Crippen MR) is 226 cm³/mol. The Labute approximate surface area is 317 Å². The molecule has 0 heterocycles. The Morgan fingerprint density at radius 1 is 0.245 bits per heavy atom. The fourth-order valence-corrected chi connectivity index (χ4v) is 6.94. The highest BCUT2D eigenvalue weighted by atomic mass is 15.1. The van der Waals surface area contributed by atoms with E-state index < -0.39 is 0 Å². The summed E-state index contributed by atoms with van der Waals surface area (Å²) in [5.74, 6) is 0. The first-order valence-corrected chi connectivity index (χ1v) is 17.8. The zero-order valence-corrected chi connectivity index (χ0v) is 29.0. The second-order valence-corrected chi connectivity index (χ2v) is 13.1. The van der Waals surface area contributed by atoms with Crippen LogP contribution in [-0.4, -0.2) is 0 Å². The van der Waals surface area contributed by atoms with E-state index in [1.807, 2.05) is 114 Å². The highest BCUT2D eigenvalue weighted by Gasteiger charge is 2.14. The summed E-state index contributed by atoms with van der Waals surface area (Å²) >= 11 is 0. The van der Waals surface area contributed by atoms with Gasteiger partial charge in [-0.05, 0) is 121 Å². The number of nitrogens with zero attached hydrogens (tertiary/aromatic N) is 1. The van der Waals surface area contributed by atoms with Gasteiger partial charge in [-0.1, -0.05) is 170 Å². The molecule has 0 saturated carbocycles. The maximum atomic E-state index is 9.45. The van der Waals surface area contributed by atoms with Crippen LogP contribution in [0, 0.1) is 0 Å². The number of hydrogen-bond donors (Lipinski definition) is 0. The summed E-state index contributed by atoms with van der Waals surface area (Å²) in [4.78, 5) is 1.84. The first kappa shape index (κ1) is 27.7. The van der Waals surface area contributed by atoms with Gasteiger partial charge in [0.15, 0.2) is 0 Å². The molecule has 9 aromatic carbocycles. The molecule has 0 aromatic heterocycles. The van der Waals surface area contributed by atoms with Gasteiger partial charge in [0.1, 0.15) is 0 Å². The SMILES string of the molecule is [2H]c1c([2H])c(N(c2ccc(-c3ccccc3)cc2)c2ccc(-c3cccc(-c4ccc5ccccc5c4)c3)cc2)c([2H])c([2H])c1-c1cccc(-c2ccccc2)c1. The molecule has 0 radical (unpaired) electrons. The van der Waals surface area contributed by atoms with Crippen LogP contribution in [0.4, 0.5) is 17.1 Å². The van der Waals surface area contributed by atoms with Crippen LogP contribution in [0.2, 0.25) is 0 Å². The molecular formula is C52H37N. The molecule has 9 aromatic rings. The molecule has 0 fully saturated rings. The lowest BCUT2D eigenvalue weighted by Gasteiger charge is -2.26. The number of hydrogen-bond acceptors (Lipinski definition) is 1. The fraction of sp³-hybridized carbons (Fsp3) is 0. The van der Waals surface area contributed by atoms with Crippen molar-refractivity contribution in [1.29, 1.82) is 0 Å². The summed E-state index contributed by atoms with van der Waals surface area (Å²) in [6, 6.07) is 66.9. The highest BCUT2D eigenvalue weighted by Crippen LogP contribution is 2.38. The van der Waals surface area contributed by atoms with E-state index in [9.17, 15) is 5.48 Å². The lowest BCUT2D eigenvalue weighted by Crippen LogP contribution is -2.09. The second kappa shape index (κ2) is 14.3. The summed E-state index contributed by atoms with van der Waals surface area (Å²) in [5, 5.41) is 2.41. The van der Waals surface area contributed by atoms with Crippen LogP contribution in [0.25, 0.3) is 66.4 Å². The first-order valence-electron chi connectivity index (χ1n) is 19.8. The standard InChI is InChI=1S/C52H37N/c1-3-11-38(12-4-1)41-23-29-50(30-24-41)53(51-31-25-42(26-32-51)46-18-9-17-45(35-46)39-13-5-2-6-14-39)52-33-27-43(28-34-52)47-19-10-20-48(36-47)49-22-21-40-15-7-8-16-44(40)37-49/h1-37H/i25D,26D,31D,32D. The fourth-order valence-electron chi connectivity index (χ4n) is 6.94. The van der Waals surface area contributed by atoms with E-state index in [2.05, 4.69) is 91.0 Å². The van der Waals surface area contributed by atoms with Gasteiger partial charge in [0, 0.05) is 17.1 Å². The number of anilines is 3. The molecule has 0 aliphatic rings. The molecule has 9 rings (SSSR count). The van der Waals surface area contributed by atoms with Crippen molar-refractivity contribution in [3.63, 3.8) is 0 Å². The van der Waals surface area contributed by atoms with E-state index in [0.717, 1.165) is 55.9 Å². The average Bonchev–Trinajstić information content (AvgIpc) is 3.28. The summed E-state index contributed by atoms with van der Waals surface area (Å²) < 4.78 is 37.5. The van der Waals surface area contributed by atoms with Crippen LogP contribution in [0.1, 0.15) is 5.48 Å². The van der Waals surface area contributed by atoms with Crippen LogP contribution in [-0.2, 0) is 0 Å². The maximum absolute atomic E-state index is 9.45. The van der Waals surface area contributed by atoms with Crippen molar-refractivity contribution in [2.75, 3.05) is 4.90 Å². The normalized spacial score (nSPS) is 12.1. The van der Waals surface area contributed by atoms with Gasteiger partial charge in [0.2, 0.25) is 0 Å². The van der Waals surface area contributed by atoms with E-state index in [0.29, 0.717) is 5.56 Å². The third-order valence-corrected chi connectivity index (χ3v) is 9.73. The van der Waals surface area contributed by atoms with Crippen molar-refractivity contribution < 1.29 is 5.48 Å². The van der Waals surface area contributed by atoms with Gasteiger partial charge in [-0.3, -0.25) is 0 Å². The zero-order chi connectivity index (χ0) is 38.9. The Hall–Kier alpha value is -6.96. The third-order valence-electron chi connectivity index (χ3n) is 9.73. The van der Waals surface area contributed by atoms with Gasteiger partial charge in [-0.2, -0.15) is 0 Å². The Kier molecular flexibility index (Phi) is 7.50. The van der Waals surface area contributed by atoms with Gasteiger partial charge < -0.3 is 4.90 Å². The molecular weight excluding hydrogens is 639 g/mol. The van der Waals surface area contributed by atoms with Gasteiger partial charge in [-0.25, -0.2) is 0 Å². The molecule has 0 aliphatic heterocycles. The summed E-state index contributed by atoms with van der Waals surface area (Å²) in [7, 11) is 0. The lowest BCUT2D eigenvalue weighted by molar-refractivity contribution is 1.28. The Morgan fingerprint density at radius 2 is 0.623 bits per heavy atom. The highest BCUT2D eigenvalue weighted by molar-refractivity contribution is 5.88. The lowest BCUT2D eigenvalue weighted by atomic mass is 9.97. The first-order chi connectivity index (χ1) is 27.9. The van der Waals surface area contributed by atoms with Crippen LogP contribution in [0.15, 0.2) is 224 Å². The van der Waals surface area contributed by atoms with E-state index >= 15 is 0 Å². The molecule has 1 nitrogen and oxygen atoms in total. The molecule has 0 atom stereocenters. The molecule has 0 unspecified atom stereocenters. The largest absolute Gasteiger partial charge is 0.311 e. The molecule has 0 N–H and O–H groups in total. The zero-order valence-electron chi connectivity index (χ0n) is 33.0. The quantitative estimate of drug-likeness (QED) is 0.154. The minimum atomic E-state index is -0.115. The van der Waals surface area contributed by atoms with Crippen molar-refractivity contribution in [2.45, 2.75) is 0 Å². The van der Waals surface area contributed by atoms with E-state index in [1.165, 1.54) is 10.8 Å². The minimum absolute atomic E-state index is 0.0933. The number of fused-ring (bicyclic) bond motifs is 1.